The number of phenols is 1. The summed E-state index contributed by atoms with van der Waals surface area (Å²) in [7, 11) is 1.45. The number of fused-ring (bicyclic) bond motifs is 1. The first-order chi connectivity index (χ1) is 10.5. The van der Waals surface area contributed by atoms with Gasteiger partial charge in [0, 0.05) is 16.6 Å². The van der Waals surface area contributed by atoms with Crippen LogP contribution < -0.4 is 4.74 Å². The number of methoxy groups -OCH3 is 1. The summed E-state index contributed by atoms with van der Waals surface area (Å²) in [6.07, 6.45) is 0. The fourth-order valence-electron chi connectivity index (χ4n) is 2.17. The number of imidazole rings is 1. The Kier molecular flexibility index (Phi) is 3.45. The Balaban J connectivity index is 2.21. The van der Waals surface area contributed by atoms with Crippen LogP contribution in [0.3, 0.4) is 0 Å². The van der Waals surface area contributed by atoms with Crippen LogP contribution in [0.2, 0.25) is 0 Å². The van der Waals surface area contributed by atoms with Gasteiger partial charge in [0.2, 0.25) is 0 Å². The molecule has 0 amide bonds. The molecule has 7 nitrogen and oxygen atoms in total. The van der Waals surface area contributed by atoms with Gasteiger partial charge in [0.25, 0.3) is 5.69 Å². The number of aromatic amines is 1. The molecule has 3 rings (SSSR count). The van der Waals surface area contributed by atoms with Crippen LogP contribution in [0.25, 0.3) is 22.4 Å². The van der Waals surface area contributed by atoms with Crippen molar-refractivity contribution in [2.45, 2.75) is 0 Å². The highest BCUT2D eigenvalue weighted by atomic mass is 79.9. The number of non-ortho nitro benzene ring substituents is 1. The molecule has 0 radical (unpaired) electrons. The molecule has 0 bridgehead atoms. The minimum atomic E-state index is -0.473. The molecule has 2 aromatic carbocycles. The maximum absolute atomic E-state index is 10.8. The van der Waals surface area contributed by atoms with E-state index in [-0.39, 0.29) is 11.4 Å². The van der Waals surface area contributed by atoms with Gasteiger partial charge in [-0.3, -0.25) is 10.1 Å². The van der Waals surface area contributed by atoms with Crippen molar-refractivity contribution in [3.05, 3.63) is 44.9 Å². The average Bonchev–Trinajstić information content (AvgIpc) is 2.89. The third kappa shape index (κ3) is 2.27. The summed E-state index contributed by atoms with van der Waals surface area (Å²) in [5, 5.41) is 21.1. The minimum absolute atomic E-state index is 0.0309. The maximum Gasteiger partial charge on any atom is 0.271 e. The molecule has 112 valence electrons. The first kappa shape index (κ1) is 14.3. The molecular formula is C14H10BrN3O4. The Morgan fingerprint density at radius 2 is 2.14 bits per heavy atom. The highest BCUT2D eigenvalue weighted by Gasteiger charge is 2.18. The summed E-state index contributed by atoms with van der Waals surface area (Å²) < 4.78 is 5.71. The molecule has 3 aromatic rings. The third-order valence-electron chi connectivity index (χ3n) is 3.22. The van der Waals surface area contributed by atoms with E-state index < -0.39 is 4.92 Å². The van der Waals surface area contributed by atoms with Crippen molar-refractivity contribution in [2.24, 2.45) is 0 Å². The monoisotopic (exact) mass is 363 g/mol. The van der Waals surface area contributed by atoms with Gasteiger partial charge in [-0.1, -0.05) is 0 Å². The van der Waals surface area contributed by atoms with E-state index in [1.165, 1.54) is 19.2 Å². The van der Waals surface area contributed by atoms with Gasteiger partial charge >= 0.3 is 0 Å². The van der Waals surface area contributed by atoms with Crippen molar-refractivity contribution in [2.75, 3.05) is 7.11 Å². The molecular weight excluding hydrogens is 354 g/mol. The summed E-state index contributed by atoms with van der Waals surface area (Å²) in [5.74, 6) is 0.633. The number of nitrogens with zero attached hydrogens (tertiary/aromatic N) is 2. The zero-order valence-corrected chi connectivity index (χ0v) is 12.9. The number of hydrogen-bond donors (Lipinski definition) is 2. The van der Waals surface area contributed by atoms with Crippen molar-refractivity contribution in [3.8, 4) is 22.9 Å². The summed E-state index contributed by atoms with van der Waals surface area (Å²) in [4.78, 5) is 17.7. The fraction of sp³-hybridized carbons (Fsp3) is 0.0714. The number of nitro benzene ring substituents is 1. The predicted molar refractivity (Wildman–Crippen MR) is 84.1 cm³/mol. The summed E-state index contributed by atoms with van der Waals surface area (Å²) in [5.41, 5.74) is 1.47. The largest absolute Gasteiger partial charge is 0.504 e. The van der Waals surface area contributed by atoms with Gasteiger partial charge in [-0.15, -0.1) is 0 Å². The van der Waals surface area contributed by atoms with Crippen LogP contribution in [0, 0.1) is 10.1 Å². The predicted octanol–water partition coefficient (Wildman–Crippen LogP) is 3.61. The molecule has 0 unspecified atom stereocenters. The molecule has 0 saturated carbocycles. The van der Waals surface area contributed by atoms with E-state index in [9.17, 15) is 15.2 Å². The van der Waals surface area contributed by atoms with E-state index in [0.29, 0.717) is 32.6 Å². The molecule has 22 heavy (non-hydrogen) atoms. The lowest BCUT2D eigenvalue weighted by Crippen LogP contribution is -1.89. The molecule has 1 heterocycles. The van der Waals surface area contributed by atoms with Crippen molar-refractivity contribution in [3.63, 3.8) is 0 Å². The standard InChI is InChI=1S/C14H10BrN3O4/c1-22-11-5-3-8(15)12(13(11)19)14-16-9-4-2-7(18(20)21)6-10(9)17-14/h2-6,19H,1H3,(H,16,17). The van der Waals surface area contributed by atoms with E-state index in [4.69, 9.17) is 4.74 Å². The van der Waals surface area contributed by atoms with Gasteiger partial charge in [-0.25, -0.2) is 4.98 Å². The summed E-state index contributed by atoms with van der Waals surface area (Å²) >= 11 is 3.36. The van der Waals surface area contributed by atoms with Crippen LogP contribution in [0.5, 0.6) is 11.5 Å². The number of aromatic nitrogens is 2. The van der Waals surface area contributed by atoms with Gasteiger partial charge < -0.3 is 14.8 Å². The van der Waals surface area contributed by atoms with E-state index in [2.05, 4.69) is 25.9 Å². The van der Waals surface area contributed by atoms with E-state index in [1.54, 1.807) is 18.2 Å². The highest BCUT2D eigenvalue weighted by Crippen LogP contribution is 2.41. The SMILES string of the molecule is COc1ccc(Br)c(-c2nc3ccc([N+](=O)[O-])cc3[nH]2)c1O. The number of ether oxygens (including phenoxy) is 1. The second-order valence-electron chi connectivity index (χ2n) is 4.52. The van der Waals surface area contributed by atoms with Gasteiger partial charge in [-0.05, 0) is 34.1 Å². The maximum atomic E-state index is 10.8. The Morgan fingerprint density at radius 1 is 1.36 bits per heavy atom. The molecule has 0 aliphatic carbocycles. The van der Waals surface area contributed by atoms with Crippen molar-refractivity contribution in [1.82, 2.24) is 9.97 Å². The number of hydrogen-bond acceptors (Lipinski definition) is 5. The molecule has 0 saturated heterocycles. The van der Waals surface area contributed by atoms with Crippen LogP contribution in [0.1, 0.15) is 0 Å². The lowest BCUT2D eigenvalue weighted by molar-refractivity contribution is -0.384. The van der Waals surface area contributed by atoms with Gasteiger partial charge in [0.05, 0.1) is 28.6 Å². The second kappa shape index (κ2) is 5.30. The van der Waals surface area contributed by atoms with Crippen molar-refractivity contribution >= 4 is 32.7 Å². The van der Waals surface area contributed by atoms with Gasteiger partial charge in [-0.2, -0.15) is 0 Å². The summed E-state index contributed by atoms with van der Waals surface area (Å²) in [6.45, 7) is 0. The lowest BCUT2D eigenvalue weighted by Gasteiger charge is -2.08. The van der Waals surface area contributed by atoms with E-state index in [1.807, 2.05) is 0 Å². The Labute approximate surface area is 132 Å². The van der Waals surface area contributed by atoms with E-state index >= 15 is 0 Å². The zero-order chi connectivity index (χ0) is 15.9. The van der Waals surface area contributed by atoms with Crippen LogP contribution in [0.4, 0.5) is 5.69 Å². The number of halogens is 1. The average molecular weight is 364 g/mol. The molecule has 1 aromatic heterocycles. The Hall–Kier alpha value is -2.61. The molecule has 0 aliphatic heterocycles. The molecule has 0 fully saturated rings. The van der Waals surface area contributed by atoms with Crippen molar-refractivity contribution < 1.29 is 14.8 Å². The highest BCUT2D eigenvalue weighted by molar-refractivity contribution is 9.10. The first-order valence-electron chi connectivity index (χ1n) is 6.21. The number of nitrogens with one attached hydrogen (secondary N) is 1. The van der Waals surface area contributed by atoms with Crippen LogP contribution in [0.15, 0.2) is 34.8 Å². The molecule has 2 N–H and O–H groups in total. The number of H-pyrrole nitrogens is 1. The Morgan fingerprint density at radius 3 is 2.82 bits per heavy atom. The minimum Gasteiger partial charge on any atom is -0.504 e. The van der Waals surface area contributed by atoms with Gasteiger partial charge in [0.1, 0.15) is 5.82 Å². The van der Waals surface area contributed by atoms with Crippen LogP contribution in [-0.4, -0.2) is 27.1 Å². The van der Waals surface area contributed by atoms with Gasteiger partial charge in [0.15, 0.2) is 11.5 Å². The van der Waals surface area contributed by atoms with Crippen LogP contribution in [-0.2, 0) is 0 Å². The normalized spacial score (nSPS) is 10.8. The Bertz CT molecular complexity index is 891. The number of benzene rings is 2. The van der Waals surface area contributed by atoms with Crippen LogP contribution >= 0.6 is 15.9 Å². The second-order valence-corrected chi connectivity index (χ2v) is 5.37. The fourth-order valence-corrected chi connectivity index (χ4v) is 2.67. The molecule has 0 atom stereocenters. The topological polar surface area (TPSA) is 101 Å². The number of nitro groups is 1. The molecule has 0 aliphatic rings. The smallest absolute Gasteiger partial charge is 0.271 e. The quantitative estimate of drug-likeness (QED) is 0.546. The molecule has 8 heteroatoms. The number of aromatic hydroxyl groups is 1. The number of rotatable bonds is 3. The molecule has 0 spiro atoms. The lowest BCUT2D eigenvalue weighted by atomic mass is 10.2. The first-order valence-corrected chi connectivity index (χ1v) is 7.00. The van der Waals surface area contributed by atoms with Crippen molar-refractivity contribution in [1.29, 1.82) is 0 Å². The third-order valence-corrected chi connectivity index (χ3v) is 3.88. The summed E-state index contributed by atoms with van der Waals surface area (Å²) in [6, 6.07) is 7.68. The van der Waals surface area contributed by atoms with E-state index in [0.717, 1.165) is 0 Å². The number of phenolic OH excluding ortho intramolecular Hbond substituents is 1. The zero-order valence-electron chi connectivity index (χ0n) is 11.3.